The van der Waals surface area contributed by atoms with Gasteiger partial charge in [0.1, 0.15) is 17.7 Å². The molecule has 0 saturated carbocycles. The summed E-state index contributed by atoms with van der Waals surface area (Å²) in [5, 5.41) is 13.8. The molecule has 52 heavy (non-hydrogen) atoms. The van der Waals surface area contributed by atoms with E-state index in [2.05, 4.69) is 41.3 Å². The van der Waals surface area contributed by atoms with Gasteiger partial charge in [0.2, 0.25) is 17.7 Å². The van der Waals surface area contributed by atoms with Crippen LogP contribution < -0.4 is 5.32 Å². The number of halogens is 1. The highest BCUT2D eigenvalue weighted by Gasteiger charge is 2.77. The number of hydrogen-bond acceptors (Lipinski definition) is 7. The molecule has 1 spiro atoms. The minimum atomic E-state index is -1.34. The molecule has 2 bridgehead atoms. The molecule has 2 aromatic carbocycles. The van der Waals surface area contributed by atoms with Crippen LogP contribution in [0, 0.1) is 11.8 Å². The highest BCUT2D eigenvalue weighted by molar-refractivity contribution is 9.09. The predicted octanol–water partition coefficient (Wildman–Crippen LogP) is 5.30. The Labute approximate surface area is 315 Å². The zero-order valence-corrected chi connectivity index (χ0v) is 31.8. The minimum absolute atomic E-state index is 0.202. The third-order valence-electron chi connectivity index (χ3n) is 10.6. The van der Waals surface area contributed by atoms with E-state index in [9.17, 15) is 24.3 Å². The summed E-state index contributed by atoms with van der Waals surface area (Å²) < 4.78 is 13.1. The molecule has 5 rings (SSSR count). The molecule has 280 valence electrons. The van der Waals surface area contributed by atoms with Crippen LogP contribution >= 0.6 is 15.9 Å². The van der Waals surface area contributed by atoms with Gasteiger partial charge in [0, 0.05) is 24.3 Å². The molecule has 3 fully saturated rings. The second-order valence-corrected chi connectivity index (χ2v) is 15.3. The number of alkyl halides is 1. The van der Waals surface area contributed by atoms with E-state index in [1.54, 1.807) is 24.0 Å². The van der Waals surface area contributed by atoms with Crippen molar-refractivity contribution in [2.75, 3.05) is 19.7 Å². The number of nitrogens with one attached hydrogen (secondary N) is 1. The third-order valence-corrected chi connectivity index (χ3v) is 11.5. The Kier molecular flexibility index (Phi) is 13.5. The summed E-state index contributed by atoms with van der Waals surface area (Å²) >= 11 is 3.76. The number of esters is 1. The average molecular weight is 779 g/mol. The molecule has 3 saturated heterocycles. The van der Waals surface area contributed by atoms with Crippen LogP contribution in [0.5, 0.6) is 0 Å². The maximum Gasteiger partial charge on any atom is 0.313 e. The first-order valence-electron chi connectivity index (χ1n) is 18.5. The van der Waals surface area contributed by atoms with Gasteiger partial charge in [0.25, 0.3) is 0 Å². The summed E-state index contributed by atoms with van der Waals surface area (Å²) in [6, 6.07) is 16.3. The fourth-order valence-corrected chi connectivity index (χ4v) is 9.20. The van der Waals surface area contributed by atoms with Gasteiger partial charge < -0.3 is 29.7 Å². The molecule has 0 radical (unpaired) electrons. The first-order valence-corrected chi connectivity index (χ1v) is 19.4. The monoisotopic (exact) mass is 777 g/mol. The lowest BCUT2D eigenvalue weighted by Gasteiger charge is -2.39. The van der Waals surface area contributed by atoms with E-state index in [4.69, 9.17) is 9.47 Å². The van der Waals surface area contributed by atoms with Crippen molar-refractivity contribution in [3.05, 3.63) is 97.1 Å². The van der Waals surface area contributed by atoms with E-state index >= 15 is 0 Å². The Morgan fingerprint density at radius 2 is 1.81 bits per heavy atom. The molecule has 1 unspecified atom stereocenters. The summed E-state index contributed by atoms with van der Waals surface area (Å²) in [4.78, 5) is 59.9. The molecular weight excluding hydrogens is 726 g/mol. The Morgan fingerprint density at radius 1 is 1.12 bits per heavy atom. The van der Waals surface area contributed by atoms with Gasteiger partial charge in [-0.2, -0.15) is 0 Å². The van der Waals surface area contributed by atoms with Crippen molar-refractivity contribution in [2.45, 2.75) is 99.6 Å². The van der Waals surface area contributed by atoms with Crippen molar-refractivity contribution >= 4 is 39.6 Å². The second-order valence-electron chi connectivity index (χ2n) is 14.2. The van der Waals surface area contributed by atoms with Crippen molar-refractivity contribution < 1.29 is 33.8 Å². The third kappa shape index (κ3) is 8.06. The standard InChI is InChI=1S/C41H52BrN3O7/c1-5-8-16-23-44(22-7-3)39(49)37-41-25-31(42)36(52-41)33(34(41)38(48)45(37)30(26-46)24-28-17-12-10-13-18-28)40(50)51-35(29-19-14-11-15-20-29)27(4)43-32(47)21-9-6-2/h6-7,10-15,17-20,27,30-31,33-37,46H,2-3,5,8-9,16,21-26H2,1,4H3,(H,43,47)/t27-,30-,31?,33-,34+,35-,36-,37-,41+/m1/s1. The zero-order valence-electron chi connectivity index (χ0n) is 30.2. The van der Waals surface area contributed by atoms with Crippen molar-refractivity contribution in [1.29, 1.82) is 0 Å². The lowest BCUT2D eigenvalue weighted by molar-refractivity contribution is -0.162. The summed E-state index contributed by atoms with van der Waals surface area (Å²) in [5.41, 5.74) is 0.247. The number of hydrogen-bond donors (Lipinski definition) is 2. The number of nitrogens with zero attached hydrogens (tertiary/aromatic N) is 2. The van der Waals surface area contributed by atoms with Gasteiger partial charge in [0.15, 0.2) is 0 Å². The number of fused-ring (bicyclic) bond motifs is 1. The van der Waals surface area contributed by atoms with Gasteiger partial charge in [-0.25, -0.2) is 0 Å². The lowest BCUT2D eigenvalue weighted by Crippen LogP contribution is -2.59. The van der Waals surface area contributed by atoms with Crippen LogP contribution in [-0.2, 0) is 35.1 Å². The van der Waals surface area contributed by atoms with E-state index in [1.165, 1.54) is 4.90 Å². The van der Waals surface area contributed by atoms with Crippen LogP contribution in [0.3, 0.4) is 0 Å². The highest BCUT2D eigenvalue weighted by atomic mass is 79.9. The van der Waals surface area contributed by atoms with Gasteiger partial charge in [-0.05, 0) is 43.7 Å². The number of unbranched alkanes of at least 4 members (excludes halogenated alkanes) is 2. The fraction of sp³-hybridized carbons (Fsp3) is 0.512. The quantitative estimate of drug-likeness (QED) is 0.0859. The zero-order chi connectivity index (χ0) is 37.4. The molecule has 2 aromatic rings. The number of aliphatic hydroxyl groups excluding tert-OH is 1. The van der Waals surface area contributed by atoms with Crippen molar-refractivity contribution in [3.63, 3.8) is 0 Å². The summed E-state index contributed by atoms with van der Waals surface area (Å²) in [6.07, 6.45) is 5.82. The number of rotatable bonds is 19. The van der Waals surface area contributed by atoms with Gasteiger partial charge in [-0.15, -0.1) is 13.2 Å². The molecule has 10 nitrogen and oxygen atoms in total. The number of carbonyl (C=O) groups excluding carboxylic acids is 4. The Hall–Kier alpha value is -3.80. The van der Waals surface area contributed by atoms with Crippen LogP contribution in [0.15, 0.2) is 86.0 Å². The molecule has 0 aliphatic carbocycles. The van der Waals surface area contributed by atoms with Gasteiger partial charge >= 0.3 is 5.97 Å². The molecule has 3 heterocycles. The topological polar surface area (TPSA) is 125 Å². The van der Waals surface area contributed by atoms with Crippen molar-refractivity contribution in [3.8, 4) is 0 Å². The number of benzene rings is 2. The van der Waals surface area contributed by atoms with Gasteiger partial charge in [-0.3, -0.25) is 19.2 Å². The smallest absolute Gasteiger partial charge is 0.313 e. The number of amides is 3. The van der Waals surface area contributed by atoms with E-state index in [0.717, 1.165) is 24.8 Å². The first kappa shape index (κ1) is 39.4. The van der Waals surface area contributed by atoms with E-state index in [0.29, 0.717) is 31.4 Å². The van der Waals surface area contributed by atoms with E-state index in [-0.39, 0.29) is 36.2 Å². The van der Waals surface area contributed by atoms with Crippen LogP contribution in [0.4, 0.5) is 0 Å². The number of likely N-dealkylation sites (tertiary alicyclic amines) is 1. The Bertz CT molecular complexity index is 1570. The maximum absolute atomic E-state index is 14.9. The first-order chi connectivity index (χ1) is 25.1. The second kappa shape index (κ2) is 17.8. The predicted molar refractivity (Wildman–Crippen MR) is 202 cm³/mol. The largest absolute Gasteiger partial charge is 0.455 e. The molecule has 2 N–H and O–H groups in total. The molecule has 11 heteroatoms. The van der Waals surface area contributed by atoms with Gasteiger partial charge in [0.05, 0.1) is 36.6 Å². The summed E-state index contributed by atoms with van der Waals surface area (Å²) in [7, 11) is 0. The van der Waals surface area contributed by atoms with Crippen molar-refractivity contribution in [2.24, 2.45) is 11.8 Å². The SMILES string of the molecule is C=CCCC(=O)N[C@H](C)[C@@H](OC(=O)[C@H]1[C@@H]2O[C@@]3(CC2Br)[C@@H]1C(=O)N([C@@H](CO)Cc1ccccc1)[C@@H]3C(=O)N(CC=C)CCCCC)c1ccccc1. The fourth-order valence-electron chi connectivity index (χ4n) is 8.26. The maximum atomic E-state index is 14.9. The van der Waals surface area contributed by atoms with Crippen LogP contribution in [0.25, 0.3) is 0 Å². The van der Waals surface area contributed by atoms with Crippen LogP contribution in [0.2, 0.25) is 0 Å². The molecular formula is C41H52BrN3O7. The molecule has 3 aliphatic heterocycles. The number of allylic oxidation sites excluding steroid dienone is 1. The van der Waals surface area contributed by atoms with Crippen LogP contribution in [-0.4, -0.2) is 93.0 Å². The Balaban J connectivity index is 1.52. The summed E-state index contributed by atoms with van der Waals surface area (Å²) in [5.74, 6) is -3.60. The lowest BCUT2D eigenvalue weighted by atomic mass is 9.70. The summed E-state index contributed by atoms with van der Waals surface area (Å²) in [6.45, 7) is 11.8. The normalized spacial score (nSPS) is 26.3. The number of carbonyl (C=O) groups is 4. The molecule has 3 aliphatic rings. The molecule has 3 amide bonds. The minimum Gasteiger partial charge on any atom is -0.455 e. The van der Waals surface area contributed by atoms with Gasteiger partial charge in [-0.1, -0.05) is 109 Å². The highest BCUT2D eigenvalue weighted by Crippen LogP contribution is 2.61. The molecule has 0 aromatic heterocycles. The Morgan fingerprint density at radius 3 is 2.44 bits per heavy atom. The van der Waals surface area contributed by atoms with E-state index in [1.807, 2.05) is 60.7 Å². The van der Waals surface area contributed by atoms with Crippen molar-refractivity contribution in [1.82, 2.24) is 15.1 Å². The number of ether oxygens (including phenoxy) is 2. The van der Waals surface area contributed by atoms with Crippen LogP contribution in [0.1, 0.15) is 69.6 Å². The van der Waals surface area contributed by atoms with E-state index < -0.39 is 59.6 Å². The average Bonchev–Trinajstić information content (AvgIpc) is 3.75. The molecule has 9 atom stereocenters. The number of aliphatic hydroxyl groups is 1.